The Morgan fingerprint density at radius 1 is 1.43 bits per heavy atom. The second-order valence-electron chi connectivity index (χ2n) is 5.25. The van der Waals surface area contributed by atoms with Crippen molar-refractivity contribution in [2.45, 2.75) is 19.9 Å². The van der Waals surface area contributed by atoms with Crippen molar-refractivity contribution in [1.29, 1.82) is 0 Å². The van der Waals surface area contributed by atoms with E-state index in [-0.39, 0.29) is 11.9 Å². The number of nitrogens with zero attached hydrogens (tertiary/aromatic N) is 4. The highest BCUT2D eigenvalue weighted by atomic mass is 16.5. The molecule has 7 nitrogen and oxygen atoms in total. The third-order valence-corrected chi connectivity index (χ3v) is 3.53. The van der Waals surface area contributed by atoms with Crippen LogP contribution in [0, 0.1) is 6.92 Å². The summed E-state index contributed by atoms with van der Waals surface area (Å²) in [5, 5.41) is 7.39. The van der Waals surface area contributed by atoms with E-state index in [2.05, 4.69) is 15.4 Å². The Morgan fingerprint density at radius 2 is 2.19 bits per heavy atom. The summed E-state index contributed by atoms with van der Waals surface area (Å²) >= 11 is 0. The van der Waals surface area contributed by atoms with E-state index in [4.69, 9.17) is 4.74 Å². The van der Waals surface area contributed by atoms with Crippen LogP contribution in [-0.2, 0) is 9.53 Å². The topological polar surface area (TPSA) is 71.8 Å². The van der Waals surface area contributed by atoms with Gasteiger partial charge in [0.15, 0.2) is 5.65 Å². The van der Waals surface area contributed by atoms with Gasteiger partial charge in [0.1, 0.15) is 6.04 Å². The number of hydrogen-bond donors (Lipinski definition) is 1. The summed E-state index contributed by atoms with van der Waals surface area (Å²) in [6.45, 7) is 6.32. The molecular weight excluding hydrogens is 270 g/mol. The van der Waals surface area contributed by atoms with Gasteiger partial charge in [0.05, 0.1) is 13.2 Å². The number of aryl methyl sites for hydroxylation is 1. The number of morpholine rings is 1. The van der Waals surface area contributed by atoms with E-state index in [1.165, 1.54) is 0 Å². The SMILES string of the molecule is Cc1ccn2nc(NC(C)C(=O)N3CCOCC3)nc2c1. The molecule has 1 atom stereocenters. The number of fused-ring (bicyclic) bond motifs is 1. The first kappa shape index (κ1) is 13.8. The van der Waals surface area contributed by atoms with Gasteiger partial charge in [-0.05, 0) is 31.5 Å². The third-order valence-electron chi connectivity index (χ3n) is 3.53. The zero-order chi connectivity index (χ0) is 14.8. The van der Waals surface area contributed by atoms with E-state index in [0.717, 1.165) is 11.2 Å². The summed E-state index contributed by atoms with van der Waals surface area (Å²) in [5.74, 6) is 0.517. The van der Waals surface area contributed by atoms with Crippen molar-refractivity contribution in [2.24, 2.45) is 0 Å². The third kappa shape index (κ3) is 2.97. The van der Waals surface area contributed by atoms with Gasteiger partial charge in [-0.2, -0.15) is 4.98 Å². The number of carbonyl (C=O) groups is 1. The number of amides is 1. The number of carbonyl (C=O) groups excluding carboxylic acids is 1. The number of aromatic nitrogens is 3. The Labute approximate surface area is 122 Å². The van der Waals surface area contributed by atoms with Crippen molar-refractivity contribution in [1.82, 2.24) is 19.5 Å². The molecule has 1 N–H and O–H groups in total. The molecule has 0 radical (unpaired) electrons. The second kappa shape index (κ2) is 5.69. The minimum absolute atomic E-state index is 0.0494. The van der Waals surface area contributed by atoms with Crippen LogP contribution < -0.4 is 5.32 Å². The Bertz CT molecular complexity index is 648. The molecule has 0 aromatic carbocycles. The van der Waals surface area contributed by atoms with Crippen LogP contribution in [0.1, 0.15) is 12.5 Å². The van der Waals surface area contributed by atoms with Crippen molar-refractivity contribution >= 4 is 17.5 Å². The van der Waals surface area contributed by atoms with Gasteiger partial charge in [0.25, 0.3) is 0 Å². The summed E-state index contributed by atoms with van der Waals surface area (Å²) in [6, 6.07) is 3.56. The number of anilines is 1. The molecule has 2 aromatic rings. The van der Waals surface area contributed by atoms with Crippen molar-refractivity contribution < 1.29 is 9.53 Å². The monoisotopic (exact) mass is 289 g/mol. The Morgan fingerprint density at radius 3 is 2.95 bits per heavy atom. The quantitative estimate of drug-likeness (QED) is 0.900. The van der Waals surface area contributed by atoms with Crippen LogP contribution in [0.4, 0.5) is 5.95 Å². The molecule has 1 unspecified atom stereocenters. The molecule has 0 bridgehead atoms. The second-order valence-corrected chi connectivity index (χ2v) is 5.25. The zero-order valence-electron chi connectivity index (χ0n) is 12.2. The maximum atomic E-state index is 12.3. The molecule has 21 heavy (non-hydrogen) atoms. The predicted octanol–water partition coefficient (Wildman–Crippen LogP) is 0.697. The van der Waals surface area contributed by atoms with Crippen LogP contribution in [0.15, 0.2) is 18.3 Å². The summed E-state index contributed by atoms with van der Waals surface area (Å²) in [6.07, 6.45) is 1.86. The van der Waals surface area contributed by atoms with E-state index in [9.17, 15) is 4.79 Å². The molecule has 1 amide bonds. The van der Waals surface area contributed by atoms with Crippen LogP contribution in [-0.4, -0.2) is 57.8 Å². The normalized spacial score (nSPS) is 17.0. The maximum absolute atomic E-state index is 12.3. The van der Waals surface area contributed by atoms with Crippen molar-refractivity contribution in [2.75, 3.05) is 31.6 Å². The van der Waals surface area contributed by atoms with Gasteiger partial charge >= 0.3 is 0 Å². The summed E-state index contributed by atoms with van der Waals surface area (Å²) in [7, 11) is 0. The Hall–Kier alpha value is -2.15. The van der Waals surface area contributed by atoms with Gasteiger partial charge in [-0.3, -0.25) is 4.79 Å². The highest BCUT2D eigenvalue weighted by Gasteiger charge is 2.23. The van der Waals surface area contributed by atoms with Crippen LogP contribution in [0.25, 0.3) is 5.65 Å². The standard InChI is InChI=1S/C14H19N5O2/c1-10-3-4-19-12(9-10)16-14(17-19)15-11(2)13(20)18-5-7-21-8-6-18/h3-4,9,11H,5-8H2,1-2H3,(H,15,17). The van der Waals surface area contributed by atoms with E-state index in [1.54, 1.807) is 9.42 Å². The molecule has 112 valence electrons. The predicted molar refractivity (Wildman–Crippen MR) is 78.2 cm³/mol. The lowest BCUT2D eigenvalue weighted by Gasteiger charge is -2.29. The highest BCUT2D eigenvalue weighted by molar-refractivity contribution is 5.84. The van der Waals surface area contributed by atoms with Crippen LogP contribution in [0.3, 0.4) is 0 Å². The largest absolute Gasteiger partial charge is 0.378 e. The smallest absolute Gasteiger partial charge is 0.245 e. The van der Waals surface area contributed by atoms with Gasteiger partial charge in [-0.15, -0.1) is 5.10 Å². The highest BCUT2D eigenvalue weighted by Crippen LogP contribution is 2.10. The summed E-state index contributed by atoms with van der Waals surface area (Å²) in [4.78, 5) is 18.5. The van der Waals surface area contributed by atoms with E-state index in [1.807, 2.05) is 32.2 Å². The Kier molecular flexibility index (Phi) is 3.74. The van der Waals surface area contributed by atoms with Gasteiger partial charge in [-0.25, -0.2) is 4.52 Å². The van der Waals surface area contributed by atoms with Crippen LogP contribution in [0.5, 0.6) is 0 Å². The first-order chi connectivity index (χ1) is 10.1. The first-order valence-corrected chi connectivity index (χ1v) is 7.09. The number of pyridine rings is 1. The van der Waals surface area contributed by atoms with Crippen molar-refractivity contribution in [3.63, 3.8) is 0 Å². The lowest BCUT2D eigenvalue weighted by atomic mass is 10.2. The molecule has 1 aliphatic rings. The fraction of sp³-hybridized carbons (Fsp3) is 0.500. The minimum Gasteiger partial charge on any atom is -0.378 e. The first-order valence-electron chi connectivity index (χ1n) is 7.09. The fourth-order valence-corrected chi connectivity index (χ4v) is 2.36. The van der Waals surface area contributed by atoms with Crippen molar-refractivity contribution in [3.05, 3.63) is 23.9 Å². The molecule has 3 heterocycles. The zero-order valence-corrected chi connectivity index (χ0v) is 12.2. The minimum atomic E-state index is -0.360. The lowest BCUT2D eigenvalue weighted by molar-refractivity contribution is -0.135. The van der Waals surface area contributed by atoms with E-state index < -0.39 is 0 Å². The Balaban J connectivity index is 1.70. The molecule has 0 saturated carbocycles. The number of hydrogen-bond acceptors (Lipinski definition) is 5. The molecule has 0 aliphatic carbocycles. The number of nitrogens with one attached hydrogen (secondary N) is 1. The number of ether oxygens (including phenoxy) is 1. The molecule has 0 spiro atoms. The molecule has 7 heteroatoms. The summed E-state index contributed by atoms with van der Waals surface area (Å²) in [5.41, 5.74) is 1.89. The molecular formula is C14H19N5O2. The maximum Gasteiger partial charge on any atom is 0.245 e. The molecule has 2 aromatic heterocycles. The van der Waals surface area contributed by atoms with E-state index in [0.29, 0.717) is 32.3 Å². The van der Waals surface area contributed by atoms with Crippen LogP contribution >= 0.6 is 0 Å². The van der Waals surface area contributed by atoms with Gasteiger partial charge < -0.3 is 15.0 Å². The fourth-order valence-electron chi connectivity index (χ4n) is 2.36. The average molecular weight is 289 g/mol. The summed E-state index contributed by atoms with van der Waals surface area (Å²) < 4.78 is 6.95. The lowest BCUT2D eigenvalue weighted by Crippen LogP contribution is -2.47. The van der Waals surface area contributed by atoms with Gasteiger partial charge in [0.2, 0.25) is 11.9 Å². The molecule has 1 aliphatic heterocycles. The molecule has 1 fully saturated rings. The van der Waals surface area contributed by atoms with Gasteiger partial charge in [-0.1, -0.05) is 0 Å². The molecule has 1 saturated heterocycles. The molecule has 3 rings (SSSR count). The number of rotatable bonds is 3. The van der Waals surface area contributed by atoms with Gasteiger partial charge in [0, 0.05) is 19.3 Å². The van der Waals surface area contributed by atoms with E-state index >= 15 is 0 Å². The average Bonchev–Trinajstić information content (AvgIpc) is 2.88. The van der Waals surface area contributed by atoms with Crippen molar-refractivity contribution in [3.8, 4) is 0 Å². The van der Waals surface area contributed by atoms with Crippen LogP contribution in [0.2, 0.25) is 0 Å².